The SMILES string of the molecule is NC(=O)c1cc(C=O)cc2cc[nH]c12. The van der Waals surface area contributed by atoms with Crippen LogP contribution in [0.3, 0.4) is 0 Å². The minimum atomic E-state index is -0.541. The van der Waals surface area contributed by atoms with Gasteiger partial charge in [-0.15, -0.1) is 0 Å². The Labute approximate surface area is 79.7 Å². The number of rotatable bonds is 2. The lowest BCUT2D eigenvalue weighted by Crippen LogP contribution is -2.12. The Morgan fingerprint density at radius 3 is 2.86 bits per heavy atom. The zero-order valence-corrected chi connectivity index (χ0v) is 7.28. The zero-order chi connectivity index (χ0) is 10.1. The number of primary amides is 1. The maximum Gasteiger partial charge on any atom is 0.250 e. The minimum Gasteiger partial charge on any atom is -0.366 e. The minimum absolute atomic E-state index is 0.342. The number of aromatic amines is 1. The first-order chi connectivity index (χ1) is 6.72. The van der Waals surface area contributed by atoms with Crippen LogP contribution in [0.2, 0.25) is 0 Å². The molecule has 1 aromatic carbocycles. The number of carbonyl (C=O) groups is 2. The Bertz CT molecular complexity index is 514. The first kappa shape index (κ1) is 8.50. The Morgan fingerprint density at radius 1 is 1.43 bits per heavy atom. The van der Waals surface area contributed by atoms with Crippen LogP contribution in [0.1, 0.15) is 20.7 Å². The second-order valence-corrected chi connectivity index (χ2v) is 2.99. The van der Waals surface area contributed by atoms with Crippen LogP contribution in [-0.2, 0) is 0 Å². The van der Waals surface area contributed by atoms with Gasteiger partial charge in [-0.3, -0.25) is 9.59 Å². The summed E-state index contributed by atoms with van der Waals surface area (Å²) in [6.07, 6.45) is 2.39. The molecule has 0 fully saturated rings. The number of H-pyrrole nitrogens is 1. The maximum atomic E-state index is 11.1. The van der Waals surface area contributed by atoms with Crippen molar-refractivity contribution in [3.63, 3.8) is 0 Å². The van der Waals surface area contributed by atoms with E-state index in [1.165, 1.54) is 6.07 Å². The molecule has 0 spiro atoms. The molecule has 2 aromatic rings. The van der Waals surface area contributed by atoms with Gasteiger partial charge in [-0.25, -0.2) is 0 Å². The molecule has 14 heavy (non-hydrogen) atoms. The summed E-state index contributed by atoms with van der Waals surface area (Å²) in [5.74, 6) is -0.541. The van der Waals surface area contributed by atoms with Crippen LogP contribution in [0, 0.1) is 0 Å². The number of hydrogen-bond acceptors (Lipinski definition) is 2. The van der Waals surface area contributed by atoms with Crippen LogP contribution in [0.5, 0.6) is 0 Å². The van der Waals surface area contributed by atoms with E-state index in [1.807, 2.05) is 0 Å². The van der Waals surface area contributed by atoms with Crippen molar-refractivity contribution in [1.29, 1.82) is 0 Å². The monoisotopic (exact) mass is 188 g/mol. The van der Waals surface area contributed by atoms with Gasteiger partial charge in [-0.2, -0.15) is 0 Å². The first-order valence-electron chi connectivity index (χ1n) is 4.08. The Kier molecular flexibility index (Phi) is 1.81. The zero-order valence-electron chi connectivity index (χ0n) is 7.28. The summed E-state index contributed by atoms with van der Waals surface area (Å²) in [5.41, 5.74) is 6.65. The number of nitrogens with two attached hydrogens (primary N) is 1. The van der Waals surface area contributed by atoms with Gasteiger partial charge in [-0.05, 0) is 18.2 Å². The number of hydrogen-bond donors (Lipinski definition) is 2. The van der Waals surface area contributed by atoms with Crippen molar-refractivity contribution < 1.29 is 9.59 Å². The number of carbonyl (C=O) groups excluding carboxylic acids is 2. The van der Waals surface area contributed by atoms with E-state index in [0.717, 1.165) is 5.39 Å². The van der Waals surface area contributed by atoms with Crippen LogP contribution >= 0.6 is 0 Å². The molecule has 70 valence electrons. The molecular formula is C10H8N2O2. The van der Waals surface area contributed by atoms with E-state index in [0.29, 0.717) is 22.9 Å². The molecule has 2 rings (SSSR count). The molecule has 4 nitrogen and oxygen atoms in total. The number of benzene rings is 1. The molecule has 3 N–H and O–H groups in total. The summed E-state index contributed by atoms with van der Waals surface area (Å²) < 4.78 is 0. The van der Waals surface area contributed by atoms with Gasteiger partial charge in [0.1, 0.15) is 6.29 Å². The van der Waals surface area contributed by atoms with Crippen molar-refractivity contribution in [2.45, 2.75) is 0 Å². The number of nitrogens with one attached hydrogen (secondary N) is 1. The topological polar surface area (TPSA) is 76.0 Å². The van der Waals surface area contributed by atoms with Crippen molar-refractivity contribution in [2.75, 3.05) is 0 Å². The van der Waals surface area contributed by atoms with E-state index < -0.39 is 5.91 Å². The molecule has 1 aromatic heterocycles. The van der Waals surface area contributed by atoms with Gasteiger partial charge < -0.3 is 10.7 Å². The Morgan fingerprint density at radius 2 is 2.21 bits per heavy atom. The molecule has 1 amide bonds. The summed E-state index contributed by atoms with van der Waals surface area (Å²) in [6, 6.07) is 4.97. The van der Waals surface area contributed by atoms with Crippen LogP contribution in [0.15, 0.2) is 24.4 Å². The van der Waals surface area contributed by atoms with E-state index in [1.54, 1.807) is 18.3 Å². The number of amides is 1. The number of aldehydes is 1. The number of aromatic nitrogens is 1. The fourth-order valence-electron chi connectivity index (χ4n) is 1.46. The van der Waals surface area contributed by atoms with Crippen LogP contribution in [0.25, 0.3) is 10.9 Å². The molecule has 0 radical (unpaired) electrons. The highest BCUT2D eigenvalue weighted by atomic mass is 16.1. The summed E-state index contributed by atoms with van der Waals surface area (Å²) in [7, 11) is 0. The standard InChI is InChI=1S/C10H8N2O2/c11-10(14)8-4-6(5-13)3-7-1-2-12-9(7)8/h1-5,12H,(H2,11,14). The largest absolute Gasteiger partial charge is 0.366 e. The lowest BCUT2D eigenvalue weighted by atomic mass is 10.1. The van der Waals surface area contributed by atoms with Gasteiger partial charge in [0.25, 0.3) is 5.91 Å². The molecule has 4 heteroatoms. The lowest BCUT2D eigenvalue weighted by molar-refractivity contribution is 0.100. The molecular weight excluding hydrogens is 180 g/mol. The van der Waals surface area contributed by atoms with Crippen molar-refractivity contribution in [2.24, 2.45) is 5.73 Å². The van der Waals surface area contributed by atoms with Gasteiger partial charge in [-0.1, -0.05) is 0 Å². The molecule has 0 aliphatic rings. The predicted molar refractivity (Wildman–Crippen MR) is 52.2 cm³/mol. The molecule has 1 heterocycles. The van der Waals surface area contributed by atoms with Crippen molar-refractivity contribution >= 4 is 23.1 Å². The number of fused-ring (bicyclic) bond motifs is 1. The molecule has 0 aliphatic heterocycles. The van der Waals surface area contributed by atoms with Crippen molar-refractivity contribution in [3.05, 3.63) is 35.5 Å². The van der Waals surface area contributed by atoms with E-state index in [-0.39, 0.29) is 0 Å². The molecule has 0 saturated carbocycles. The van der Waals surface area contributed by atoms with Crippen LogP contribution < -0.4 is 5.73 Å². The predicted octanol–water partition coefficient (Wildman–Crippen LogP) is 1.08. The summed E-state index contributed by atoms with van der Waals surface area (Å²) >= 11 is 0. The third-order valence-corrected chi connectivity index (χ3v) is 2.08. The van der Waals surface area contributed by atoms with Gasteiger partial charge in [0.2, 0.25) is 0 Å². The molecule has 0 bridgehead atoms. The third-order valence-electron chi connectivity index (χ3n) is 2.08. The van der Waals surface area contributed by atoms with Gasteiger partial charge in [0.05, 0.1) is 11.1 Å². The highest BCUT2D eigenvalue weighted by molar-refractivity contribution is 6.06. The van der Waals surface area contributed by atoms with Gasteiger partial charge >= 0.3 is 0 Å². The van der Waals surface area contributed by atoms with Gasteiger partial charge in [0, 0.05) is 17.1 Å². The summed E-state index contributed by atoms with van der Waals surface area (Å²) in [4.78, 5) is 24.6. The maximum absolute atomic E-state index is 11.1. The normalized spacial score (nSPS) is 10.3. The fraction of sp³-hybridized carbons (Fsp3) is 0. The molecule has 0 aliphatic carbocycles. The average Bonchev–Trinajstić information content (AvgIpc) is 2.63. The third kappa shape index (κ3) is 1.17. The first-order valence-corrected chi connectivity index (χ1v) is 4.08. The Hall–Kier alpha value is -2.10. The summed E-state index contributed by atoms with van der Waals surface area (Å²) in [6.45, 7) is 0. The van der Waals surface area contributed by atoms with Gasteiger partial charge in [0.15, 0.2) is 0 Å². The van der Waals surface area contributed by atoms with Crippen LogP contribution in [-0.4, -0.2) is 17.2 Å². The summed E-state index contributed by atoms with van der Waals surface area (Å²) in [5, 5.41) is 0.809. The molecule has 0 unspecified atom stereocenters. The van der Waals surface area contributed by atoms with E-state index >= 15 is 0 Å². The highest BCUT2D eigenvalue weighted by Gasteiger charge is 2.09. The second kappa shape index (κ2) is 2.99. The average molecular weight is 188 g/mol. The smallest absolute Gasteiger partial charge is 0.250 e. The van der Waals surface area contributed by atoms with Crippen molar-refractivity contribution in [3.8, 4) is 0 Å². The quantitative estimate of drug-likeness (QED) is 0.692. The highest BCUT2D eigenvalue weighted by Crippen LogP contribution is 2.18. The van der Waals surface area contributed by atoms with Crippen molar-refractivity contribution in [1.82, 2.24) is 4.98 Å². The molecule has 0 saturated heterocycles. The van der Waals surface area contributed by atoms with E-state index in [4.69, 9.17) is 5.73 Å². The Balaban J connectivity index is 2.83. The lowest BCUT2D eigenvalue weighted by Gasteiger charge is -1.99. The van der Waals surface area contributed by atoms with E-state index in [2.05, 4.69) is 4.98 Å². The van der Waals surface area contributed by atoms with Crippen LogP contribution in [0.4, 0.5) is 0 Å². The molecule has 0 atom stereocenters. The second-order valence-electron chi connectivity index (χ2n) is 2.99. The van der Waals surface area contributed by atoms with E-state index in [9.17, 15) is 9.59 Å². The fourth-order valence-corrected chi connectivity index (χ4v) is 1.46.